The molecule has 0 saturated carbocycles. The lowest BCUT2D eigenvalue weighted by atomic mass is 10.2. The van der Waals surface area contributed by atoms with Gasteiger partial charge in [-0.15, -0.1) is 0 Å². The van der Waals surface area contributed by atoms with Crippen LogP contribution in [-0.4, -0.2) is 41.4 Å². The van der Waals surface area contributed by atoms with Crippen molar-refractivity contribution in [1.82, 2.24) is 4.90 Å². The van der Waals surface area contributed by atoms with Crippen LogP contribution in [0.15, 0.2) is 29.2 Å². The van der Waals surface area contributed by atoms with Gasteiger partial charge in [-0.2, -0.15) is 0 Å². The maximum absolute atomic E-state index is 12.2. The zero-order valence-electron chi connectivity index (χ0n) is 14.3. The van der Waals surface area contributed by atoms with E-state index in [2.05, 4.69) is 0 Å². The predicted octanol–water partition coefficient (Wildman–Crippen LogP) is 4.27. The van der Waals surface area contributed by atoms with Gasteiger partial charge >= 0.3 is 5.97 Å². The van der Waals surface area contributed by atoms with Gasteiger partial charge in [0.05, 0.1) is 18.6 Å². The maximum Gasteiger partial charge on any atom is 0.305 e. The number of amides is 1. The van der Waals surface area contributed by atoms with E-state index in [4.69, 9.17) is 21.7 Å². The number of hydrogen-bond donors (Lipinski definition) is 0. The minimum absolute atomic E-state index is 0.105. The van der Waals surface area contributed by atoms with Crippen molar-refractivity contribution in [2.24, 2.45) is 0 Å². The molecule has 7 heteroatoms. The number of thiocarbonyl (C=S) groups is 1. The van der Waals surface area contributed by atoms with E-state index < -0.39 is 0 Å². The molecule has 1 aliphatic heterocycles. The van der Waals surface area contributed by atoms with Crippen LogP contribution in [0.4, 0.5) is 4.79 Å². The molecule has 5 nitrogen and oxygen atoms in total. The minimum atomic E-state index is -0.235. The van der Waals surface area contributed by atoms with Crippen LogP contribution in [0.25, 0.3) is 6.08 Å². The second-order valence-electron chi connectivity index (χ2n) is 5.43. The molecule has 0 unspecified atom stereocenters. The lowest BCUT2D eigenvalue weighted by Crippen LogP contribution is -2.28. The summed E-state index contributed by atoms with van der Waals surface area (Å²) in [6.45, 7) is 2.80. The SMILES string of the molecule is CCCOC(=O)CCCN1C(=O)S/C(=C/c2ccc(OC)cc2)C1=S. The molecule has 1 aliphatic rings. The van der Waals surface area contributed by atoms with Gasteiger partial charge in [-0.3, -0.25) is 14.5 Å². The summed E-state index contributed by atoms with van der Waals surface area (Å²) >= 11 is 6.53. The summed E-state index contributed by atoms with van der Waals surface area (Å²) in [6, 6.07) is 7.53. The Bertz CT molecular complexity index is 670. The van der Waals surface area contributed by atoms with Gasteiger partial charge in [-0.1, -0.05) is 31.3 Å². The molecule has 1 fully saturated rings. The van der Waals surface area contributed by atoms with E-state index in [1.807, 2.05) is 37.3 Å². The molecule has 0 radical (unpaired) electrons. The summed E-state index contributed by atoms with van der Waals surface area (Å²) in [5.41, 5.74) is 0.948. The average molecular weight is 380 g/mol. The molecule has 0 aromatic heterocycles. The first-order chi connectivity index (χ1) is 12.0. The molecule has 134 valence electrons. The maximum atomic E-state index is 12.2. The van der Waals surface area contributed by atoms with Gasteiger partial charge in [-0.05, 0) is 48.4 Å². The molecule has 0 spiro atoms. The highest BCUT2D eigenvalue weighted by atomic mass is 32.2. The second kappa shape index (κ2) is 9.58. The molecule has 2 rings (SSSR count). The topological polar surface area (TPSA) is 55.8 Å². The monoisotopic (exact) mass is 379 g/mol. The Kier molecular flexibility index (Phi) is 7.46. The van der Waals surface area contributed by atoms with Crippen LogP contribution >= 0.6 is 24.0 Å². The van der Waals surface area contributed by atoms with Crippen molar-refractivity contribution in [1.29, 1.82) is 0 Å². The van der Waals surface area contributed by atoms with Crippen molar-refractivity contribution in [3.05, 3.63) is 34.7 Å². The van der Waals surface area contributed by atoms with Crippen LogP contribution in [0, 0.1) is 0 Å². The number of carbonyl (C=O) groups excluding carboxylic acids is 2. The first-order valence-electron chi connectivity index (χ1n) is 8.10. The van der Waals surface area contributed by atoms with Gasteiger partial charge in [0.15, 0.2) is 0 Å². The fourth-order valence-corrected chi connectivity index (χ4v) is 3.50. The Morgan fingerprint density at radius 2 is 2.04 bits per heavy atom. The van der Waals surface area contributed by atoms with E-state index in [1.165, 1.54) is 0 Å². The van der Waals surface area contributed by atoms with Gasteiger partial charge in [0.1, 0.15) is 10.7 Å². The van der Waals surface area contributed by atoms with Crippen LogP contribution in [0.5, 0.6) is 5.75 Å². The van der Waals surface area contributed by atoms with E-state index in [-0.39, 0.29) is 17.6 Å². The van der Waals surface area contributed by atoms with E-state index in [9.17, 15) is 9.59 Å². The fraction of sp³-hybridized carbons (Fsp3) is 0.389. The second-order valence-corrected chi connectivity index (χ2v) is 6.81. The third-order valence-corrected chi connectivity index (χ3v) is 5.01. The number of methoxy groups -OCH3 is 1. The largest absolute Gasteiger partial charge is 0.497 e. The number of rotatable bonds is 8. The van der Waals surface area contributed by atoms with E-state index >= 15 is 0 Å². The molecule has 0 aliphatic carbocycles. The quantitative estimate of drug-likeness (QED) is 0.382. The summed E-state index contributed by atoms with van der Waals surface area (Å²) < 4.78 is 10.2. The van der Waals surface area contributed by atoms with E-state index in [1.54, 1.807) is 12.0 Å². The Labute approximate surface area is 157 Å². The highest BCUT2D eigenvalue weighted by Gasteiger charge is 2.31. The average Bonchev–Trinajstić information content (AvgIpc) is 2.88. The molecule has 0 atom stereocenters. The van der Waals surface area contributed by atoms with Crippen molar-refractivity contribution < 1.29 is 19.1 Å². The number of nitrogens with zero attached hydrogens (tertiary/aromatic N) is 1. The Hall–Kier alpha value is -1.86. The van der Waals surface area contributed by atoms with Crippen molar-refractivity contribution in [2.45, 2.75) is 26.2 Å². The zero-order chi connectivity index (χ0) is 18.2. The van der Waals surface area contributed by atoms with E-state index in [0.717, 1.165) is 34.4 Å². The number of carbonyl (C=O) groups is 2. The van der Waals surface area contributed by atoms with Crippen LogP contribution in [0.1, 0.15) is 31.7 Å². The smallest absolute Gasteiger partial charge is 0.305 e. The number of thioether (sulfide) groups is 1. The van der Waals surface area contributed by atoms with E-state index in [0.29, 0.717) is 24.6 Å². The summed E-state index contributed by atoms with van der Waals surface area (Å²) in [5, 5.41) is -0.105. The van der Waals surface area contributed by atoms with Gasteiger partial charge < -0.3 is 9.47 Å². The highest BCUT2D eigenvalue weighted by molar-refractivity contribution is 8.19. The van der Waals surface area contributed by atoms with Gasteiger partial charge in [0.25, 0.3) is 5.24 Å². The van der Waals surface area contributed by atoms with Crippen molar-refractivity contribution in [3.63, 3.8) is 0 Å². The molecule has 1 amide bonds. The number of ether oxygens (including phenoxy) is 2. The molecular weight excluding hydrogens is 358 g/mol. The summed E-state index contributed by atoms with van der Waals surface area (Å²) in [4.78, 5) is 26.5. The molecule has 1 saturated heterocycles. The first-order valence-corrected chi connectivity index (χ1v) is 9.32. The molecule has 1 heterocycles. The standard InChI is InChI=1S/C18H21NO4S2/c1-3-11-23-16(20)5-4-10-19-17(24)15(25-18(19)21)12-13-6-8-14(22-2)9-7-13/h6-9,12H,3-5,10-11H2,1-2H3/b15-12+. The third kappa shape index (κ3) is 5.57. The van der Waals surface area contributed by atoms with Gasteiger partial charge in [0, 0.05) is 13.0 Å². The molecule has 1 aromatic rings. The predicted molar refractivity (Wildman–Crippen MR) is 104 cm³/mol. The lowest BCUT2D eigenvalue weighted by Gasteiger charge is -2.14. The minimum Gasteiger partial charge on any atom is -0.497 e. The summed E-state index contributed by atoms with van der Waals surface area (Å²) in [6.07, 6.45) is 3.51. The highest BCUT2D eigenvalue weighted by Crippen LogP contribution is 2.33. The number of hydrogen-bond acceptors (Lipinski definition) is 6. The lowest BCUT2D eigenvalue weighted by molar-refractivity contribution is -0.143. The summed E-state index contributed by atoms with van der Waals surface area (Å²) in [5.74, 6) is 0.539. The third-order valence-electron chi connectivity index (χ3n) is 3.52. The molecule has 25 heavy (non-hydrogen) atoms. The Balaban J connectivity index is 1.92. The first kappa shape index (κ1) is 19.5. The van der Waals surface area contributed by atoms with Crippen LogP contribution in [0.2, 0.25) is 0 Å². The Morgan fingerprint density at radius 1 is 1.32 bits per heavy atom. The van der Waals surface area contributed by atoms with Crippen LogP contribution in [-0.2, 0) is 9.53 Å². The number of benzene rings is 1. The normalized spacial score (nSPS) is 15.8. The van der Waals surface area contributed by atoms with Crippen molar-refractivity contribution in [3.8, 4) is 5.75 Å². The molecular formula is C18H21NO4S2. The molecule has 1 aromatic carbocycles. The van der Waals surface area contributed by atoms with Gasteiger partial charge in [0.2, 0.25) is 0 Å². The van der Waals surface area contributed by atoms with Crippen LogP contribution < -0.4 is 4.74 Å². The Morgan fingerprint density at radius 3 is 2.68 bits per heavy atom. The fourth-order valence-electron chi connectivity index (χ4n) is 2.21. The summed E-state index contributed by atoms with van der Waals surface area (Å²) in [7, 11) is 1.62. The molecule has 0 N–H and O–H groups in total. The molecule has 0 bridgehead atoms. The van der Waals surface area contributed by atoms with Crippen LogP contribution in [0.3, 0.4) is 0 Å². The zero-order valence-corrected chi connectivity index (χ0v) is 16.0. The van der Waals surface area contributed by atoms with Crippen molar-refractivity contribution in [2.75, 3.05) is 20.3 Å². The van der Waals surface area contributed by atoms with Gasteiger partial charge in [-0.25, -0.2) is 0 Å². The number of esters is 1. The van der Waals surface area contributed by atoms with Crippen molar-refractivity contribution >= 4 is 46.3 Å².